The first-order valence-corrected chi connectivity index (χ1v) is 11.9. The van der Waals surface area contributed by atoms with Gasteiger partial charge in [-0.3, -0.25) is 14.2 Å². The Kier molecular flexibility index (Phi) is 7.59. The van der Waals surface area contributed by atoms with Gasteiger partial charge in [0, 0.05) is 19.0 Å². The largest absolute Gasteiger partial charge is 0.494 e. The van der Waals surface area contributed by atoms with Crippen LogP contribution in [0.25, 0.3) is 5.69 Å². The molecule has 1 N–H and O–H groups in total. The topological polar surface area (TPSA) is 103 Å². The van der Waals surface area contributed by atoms with Crippen molar-refractivity contribution in [2.45, 2.75) is 38.9 Å². The van der Waals surface area contributed by atoms with Gasteiger partial charge in [0.1, 0.15) is 29.6 Å². The van der Waals surface area contributed by atoms with Crippen molar-refractivity contribution >= 4 is 5.91 Å². The summed E-state index contributed by atoms with van der Waals surface area (Å²) >= 11 is 0. The van der Waals surface area contributed by atoms with Crippen LogP contribution in [0.4, 0.5) is 0 Å². The zero-order valence-corrected chi connectivity index (χ0v) is 20.9. The van der Waals surface area contributed by atoms with Gasteiger partial charge in [-0.15, -0.1) is 0 Å². The lowest BCUT2D eigenvalue weighted by molar-refractivity contribution is 0.0591. The Bertz CT molecular complexity index is 1270. The van der Waals surface area contributed by atoms with E-state index >= 15 is 0 Å². The molecule has 1 fully saturated rings. The number of para-hydroxylation sites is 1. The van der Waals surface area contributed by atoms with E-state index in [0.29, 0.717) is 24.6 Å². The lowest BCUT2D eigenvalue weighted by Gasteiger charge is -2.21. The second-order valence-corrected chi connectivity index (χ2v) is 8.89. The molecule has 0 spiro atoms. The molecule has 1 amide bonds. The zero-order valence-electron chi connectivity index (χ0n) is 20.9. The minimum atomic E-state index is -0.721. The molecule has 1 aliphatic rings. The summed E-state index contributed by atoms with van der Waals surface area (Å²) in [6.07, 6.45) is 0.608. The van der Waals surface area contributed by atoms with Crippen LogP contribution in [-0.2, 0) is 11.3 Å². The first-order chi connectivity index (χ1) is 17.3. The summed E-state index contributed by atoms with van der Waals surface area (Å²) in [5.41, 5.74) is 0.290. The fraction of sp³-hybridized carbons (Fsp3) is 0.370. The number of aromatic hydroxyl groups is 1. The smallest absolute Gasteiger partial charge is 0.275 e. The van der Waals surface area contributed by atoms with Gasteiger partial charge < -0.3 is 24.2 Å². The van der Waals surface area contributed by atoms with Crippen molar-refractivity contribution in [2.24, 2.45) is 0 Å². The number of rotatable bonds is 8. The van der Waals surface area contributed by atoms with Gasteiger partial charge in [0.05, 0.1) is 20.3 Å². The minimum absolute atomic E-state index is 0.0735. The molecule has 9 nitrogen and oxygen atoms in total. The Morgan fingerprint density at radius 3 is 2.36 bits per heavy atom. The molecule has 9 heteroatoms. The number of likely N-dealkylation sites (tertiary alicyclic amines) is 1. The molecule has 3 aromatic rings. The van der Waals surface area contributed by atoms with Crippen LogP contribution in [0.3, 0.4) is 0 Å². The molecular weight excluding hydrogens is 462 g/mol. The first kappa shape index (κ1) is 25.2. The number of methoxy groups -OCH3 is 2. The maximum Gasteiger partial charge on any atom is 0.275 e. The number of hydrogen-bond donors (Lipinski definition) is 1. The lowest BCUT2D eigenvalue weighted by atomic mass is 9.99. The quantitative estimate of drug-likeness (QED) is 0.512. The van der Waals surface area contributed by atoms with Gasteiger partial charge in [-0.2, -0.15) is 4.98 Å². The van der Waals surface area contributed by atoms with Crippen LogP contribution >= 0.6 is 0 Å². The fourth-order valence-corrected chi connectivity index (χ4v) is 4.46. The highest BCUT2D eigenvalue weighted by Gasteiger charge is 2.33. The molecule has 1 saturated heterocycles. The predicted molar refractivity (Wildman–Crippen MR) is 134 cm³/mol. The molecule has 2 heterocycles. The Hall–Kier alpha value is -3.85. The molecule has 36 heavy (non-hydrogen) atoms. The summed E-state index contributed by atoms with van der Waals surface area (Å²) in [5.74, 6) is -0.227. The van der Waals surface area contributed by atoms with Gasteiger partial charge in [-0.25, -0.2) is 0 Å². The van der Waals surface area contributed by atoms with Crippen molar-refractivity contribution in [1.29, 1.82) is 0 Å². The molecule has 0 saturated carbocycles. The molecule has 0 bridgehead atoms. The molecule has 4 rings (SSSR count). The zero-order chi connectivity index (χ0) is 25.8. The molecule has 1 aromatic heterocycles. The second-order valence-electron chi connectivity index (χ2n) is 8.89. The van der Waals surface area contributed by atoms with Crippen molar-refractivity contribution in [3.05, 3.63) is 75.8 Å². The van der Waals surface area contributed by atoms with Crippen LogP contribution in [0.5, 0.6) is 17.4 Å². The summed E-state index contributed by atoms with van der Waals surface area (Å²) in [6, 6.07) is 15.0. The van der Waals surface area contributed by atoms with Crippen LogP contribution in [0.15, 0.2) is 53.3 Å². The number of nitrogens with zero attached hydrogens (tertiary/aromatic N) is 3. The normalized spacial score (nSPS) is 15.4. The standard InChI is InChI=1S/C27H31N3O6/c1-17(2)36-16-22-28-25(31)23(26(32)29-14-13-19(15-29)18-9-6-5-7-10-18)27(33)30(22)24-20(34-3)11-8-12-21(24)35-4/h5-12,17,19,31H,13-16H2,1-4H3. The van der Waals surface area contributed by atoms with Gasteiger partial charge in [0.2, 0.25) is 5.88 Å². The van der Waals surface area contributed by atoms with Gasteiger partial charge in [-0.1, -0.05) is 36.4 Å². The van der Waals surface area contributed by atoms with E-state index in [1.807, 2.05) is 44.2 Å². The number of ether oxygens (including phenoxy) is 3. The van der Waals surface area contributed by atoms with E-state index in [0.717, 1.165) is 12.0 Å². The van der Waals surface area contributed by atoms with E-state index in [-0.39, 0.29) is 30.1 Å². The summed E-state index contributed by atoms with van der Waals surface area (Å²) in [4.78, 5) is 33.3. The van der Waals surface area contributed by atoms with Gasteiger partial charge >= 0.3 is 0 Å². The maximum atomic E-state index is 13.9. The van der Waals surface area contributed by atoms with Crippen LogP contribution in [0.2, 0.25) is 0 Å². The van der Waals surface area contributed by atoms with Gasteiger partial charge in [0.25, 0.3) is 11.5 Å². The highest BCUT2D eigenvalue weighted by atomic mass is 16.5. The average Bonchev–Trinajstić information content (AvgIpc) is 3.38. The van der Waals surface area contributed by atoms with E-state index < -0.39 is 22.9 Å². The molecule has 1 atom stereocenters. The van der Waals surface area contributed by atoms with Gasteiger partial charge in [0.15, 0.2) is 5.56 Å². The number of hydrogen-bond acceptors (Lipinski definition) is 7. The first-order valence-electron chi connectivity index (χ1n) is 11.9. The molecule has 0 aliphatic carbocycles. The molecular formula is C27H31N3O6. The Morgan fingerprint density at radius 1 is 1.08 bits per heavy atom. The van der Waals surface area contributed by atoms with Crippen molar-refractivity contribution < 1.29 is 24.1 Å². The summed E-state index contributed by atoms with van der Waals surface area (Å²) in [5, 5.41) is 10.8. The fourth-order valence-electron chi connectivity index (χ4n) is 4.46. The van der Waals surface area contributed by atoms with Crippen molar-refractivity contribution in [2.75, 3.05) is 27.3 Å². The number of carbonyl (C=O) groups is 1. The van der Waals surface area contributed by atoms with E-state index in [2.05, 4.69) is 4.98 Å². The summed E-state index contributed by atoms with van der Waals surface area (Å²) in [7, 11) is 2.95. The molecule has 2 aromatic carbocycles. The van der Waals surface area contributed by atoms with Crippen LogP contribution in [0, 0.1) is 0 Å². The number of benzene rings is 2. The highest BCUT2D eigenvalue weighted by Crippen LogP contribution is 2.34. The Balaban J connectivity index is 1.81. The highest BCUT2D eigenvalue weighted by molar-refractivity contribution is 5.96. The number of aromatic nitrogens is 2. The SMILES string of the molecule is COc1cccc(OC)c1-n1c(COC(C)C)nc(O)c(C(=O)N2CCC(c3ccccc3)C2)c1=O. The Labute approximate surface area is 209 Å². The van der Waals surface area contributed by atoms with Crippen LogP contribution in [0.1, 0.15) is 47.9 Å². The van der Waals surface area contributed by atoms with Crippen LogP contribution < -0.4 is 15.0 Å². The van der Waals surface area contributed by atoms with Crippen molar-refractivity contribution in [1.82, 2.24) is 14.5 Å². The monoisotopic (exact) mass is 493 g/mol. The van der Waals surface area contributed by atoms with Gasteiger partial charge in [-0.05, 0) is 38.0 Å². The second kappa shape index (κ2) is 10.8. The summed E-state index contributed by atoms with van der Waals surface area (Å²) < 4.78 is 17.9. The maximum absolute atomic E-state index is 13.9. The Morgan fingerprint density at radius 2 is 1.75 bits per heavy atom. The predicted octanol–water partition coefficient (Wildman–Crippen LogP) is 3.51. The van der Waals surface area contributed by atoms with Crippen molar-refractivity contribution in [3.8, 4) is 23.1 Å². The molecule has 1 aliphatic heterocycles. The number of amides is 1. The molecule has 190 valence electrons. The van der Waals surface area contributed by atoms with Crippen molar-refractivity contribution in [3.63, 3.8) is 0 Å². The molecule has 0 radical (unpaired) electrons. The third kappa shape index (κ3) is 4.92. The van der Waals surface area contributed by atoms with E-state index in [1.54, 1.807) is 23.1 Å². The van der Waals surface area contributed by atoms with E-state index in [9.17, 15) is 14.7 Å². The third-order valence-electron chi connectivity index (χ3n) is 6.27. The number of carbonyl (C=O) groups excluding carboxylic acids is 1. The van der Waals surface area contributed by atoms with E-state index in [1.165, 1.54) is 18.8 Å². The van der Waals surface area contributed by atoms with Crippen LogP contribution in [-0.4, -0.2) is 58.9 Å². The van der Waals surface area contributed by atoms with E-state index in [4.69, 9.17) is 14.2 Å². The minimum Gasteiger partial charge on any atom is -0.494 e. The third-order valence-corrected chi connectivity index (χ3v) is 6.27. The lowest BCUT2D eigenvalue weighted by Crippen LogP contribution is -2.37. The summed E-state index contributed by atoms with van der Waals surface area (Å²) in [6.45, 7) is 4.53. The average molecular weight is 494 g/mol. The molecule has 1 unspecified atom stereocenters.